The van der Waals surface area contributed by atoms with Crippen LogP contribution in [-0.2, 0) is 9.91 Å². The third-order valence-corrected chi connectivity index (χ3v) is 6.21. The summed E-state index contributed by atoms with van der Waals surface area (Å²) in [7, 11) is -0.965. The maximum atomic E-state index is 11.6. The van der Waals surface area contributed by atoms with Gasteiger partial charge in [-0.15, -0.1) is 0 Å². The van der Waals surface area contributed by atoms with Crippen LogP contribution in [0.2, 0.25) is 0 Å². The Labute approximate surface area is 190 Å². The molecule has 0 heterocycles. The summed E-state index contributed by atoms with van der Waals surface area (Å²) in [5.41, 5.74) is 1.34. The Morgan fingerprint density at radius 3 is 2.27 bits per heavy atom. The van der Waals surface area contributed by atoms with Gasteiger partial charge in [0.15, 0.2) is 5.75 Å². The molecule has 0 aliphatic heterocycles. The summed E-state index contributed by atoms with van der Waals surface area (Å²) in [4.78, 5) is 11.6. The summed E-state index contributed by atoms with van der Waals surface area (Å²) < 4.78 is 18.2. The summed E-state index contributed by atoms with van der Waals surface area (Å²) in [6.45, 7) is 1.43. The summed E-state index contributed by atoms with van der Waals surface area (Å²) in [6.07, 6.45) is 0. The number of ether oxygens (including phenoxy) is 1. The van der Waals surface area contributed by atoms with Gasteiger partial charge in [-0.2, -0.15) is 0 Å². The maximum Gasteiger partial charge on any atom is 0.364 e. The number of carboxylic acid groups (broad SMARTS) is 1. The SMILES string of the molecule is CC(O)([PH+]=O)c1cc(Br)c(Oc2cc(C(=O)O)cc(-c3ccccc3O)c2)c(Br)c1. The predicted octanol–water partition coefficient (Wildman–Crippen LogP) is 6.26. The maximum absolute atomic E-state index is 11.6. The Morgan fingerprint density at radius 2 is 1.70 bits per heavy atom. The van der Waals surface area contributed by atoms with Crippen LogP contribution in [0.5, 0.6) is 17.2 Å². The molecule has 2 atom stereocenters. The van der Waals surface area contributed by atoms with E-state index in [9.17, 15) is 24.7 Å². The Hall–Kier alpha value is -2.25. The monoisotopic (exact) mass is 553 g/mol. The van der Waals surface area contributed by atoms with Crippen LogP contribution in [-0.4, -0.2) is 21.3 Å². The van der Waals surface area contributed by atoms with Crippen molar-refractivity contribution in [2.75, 3.05) is 0 Å². The van der Waals surface area contributed by atoms with Crippen molar-refractivity contribution >= 4 is 46.3 Å². The third-order valence-electron chi connectivity index (χ3n) is 4.35. The van der Waals surface area contributed by atoms with E-state index < -0.39 is 19.8 Å². The molecule has 6 nitrogen and oxygen atoms in total. The first-order valence-corrected chi connectivity index (χ1v) is 11.1. The quantitative estimate of drug-likeness (QED) is 0.310. The van der Waals surface area contributed by atoms with Gasteiger partial charge < -0.3 is 20.1 Å². The number of phenolic OH excluding ortho intramolecular Hbond substituents is 1. The Morgan fingerprint density at radius 1 is 1.07 bits per heavy atom. The molecule has 9 heteroatoms. The highest BCUT2D eigenvalue weighted by atomic mass is 79.9. The second-order valence-electron chi connectivity index (χ2n) is 6.61. The lowest BCUT2D eigenvalue weighted by Crippen LogP contribution is -2.12. The Balaban J connectivity index is 2.08. The van der Waals surface area contributed by atoms with Crippen LogP contribution in [0.1, 0.15) is 22.8 Å². The first kappa shape index (κ1) is 22.4. The molecule has 0 bridgehead atoms. The summed E-state index contributed by atoms with van der Waals surface area (Å²) in [6, 6.07) is 14.2. The zero-order valence-corrected chi connectivity index (χ0v) is 19.7. The topological polar surface area (TPSA) is 104 Å². The molecule has 0 saturated heterocycles. The molecule has 0 aliphatic carbocycles. The number of aliphatic hydroxyl groups is 1. The minimum atomic E-state index is -1.52. The van der Waals surface area contributed by atoms with E-state index in [0.29, 0.717) is 31.4 Å². The fourth-order valence-electron chi connectivity index (χ4n) is 2.77. The van der Waals surface area contributed by atoms with Gasteiger partial charge in [0.05, 0.1) is 14.5 Å². The zero-order valence-electron chi connectivity index (χ0n) is 15.5. The van der Waals surface area contributed by atoms with E-state index in [0.717, 1.165) is 0 Å². The second kappa shape index (κ2) is 8.86. The van der Waals surface area contributed by atoms with Gasteiger partial charge in [-0.1, -0.05) is 22.8 Å². The molecule has 3 aromatic rings. The second-order valence-corrected chi connectivity index (χ2v) is 9.50. The smallest absolute Gasteiger partial charge is 0.364 e. The van der Waals surface area contributed by atoms with Crippen molar-refractivity contribution < 1.29 is 29.4 Å². The molecule has 0 spiro atoms. The van der Waals surface area contributed by atoms with E-state index in [2.05, 4.69) is 31.9 Å². The van der Waals surface area contributed by atoms with Crippen molar-refractivity contribution in [2.24, 2.45) is 0 Å². The number of hydrogen-bond donors (Lipinski definition) is 3. The number of rotatable bonds is 6. The number of hydrogen-bond acceptors (Lipinski definition) is 5. The number of carboxylic acids is 1. The Kier molecular flexibility index (Phi) is 6.62. The van der Waals surface area contributed by atoms with E-state index in [-0.39, 0.29) is 17.1 Å². The van der Waals surface area contributed by atoms with Crippen LogP contribution < -0.4 is 4.74 Å². The first-order chi connectivity index (χ1) is 14.1. The fraction of sp³-hybridized carbons (Fsp3) is 0.0952. The third kappa shape index (κ3) is 4.73. The molecule has 0 saturated carbocycles. The van der Waals surface area contributed by atoms with Crippen molar-refractivity contribution in [3.05, 3.63) is 74.7 Å². The Bertz CT molecular complexity index is 1120. The predicted molar refractivity (Wildman–Crippen MR) is 121 cm³/mol. The number of para-hydroxylation sites is 1. The highest BCUT2D eigenvalue weighted by Gasteiger charge is 2.33. The van der Waals surface area contributed by atoms with Gasteiger partial charge in [0.2, 0.25) is 0 Å². The average molecular weight is 555 g/mol. The van der Waals surface area contributed by atoms with Crippen molar-refractivity contribution in [1.82, 2.24) is 0 Å². The highest BCUT2D eigenvalue weighted by molar-refractivity contribution is 9.11. The molecule has 3 aromatic carbocycles. The molecule has 2 unspecified atom stereocenters. The molecule has 0 fully saturated rings. The van der Waals surface area contributed by atoms with Gasteiger partial charge in [-0.3, -0.25) is 0 Å². The molecule has 0 aromatic heterocycles. The van der Waals surface area contributed by atoms with E-state index >= 15 is 0 Å². The van der Waals surface area contributed by atoms with E-state index in [4.69, 9.17) is 4.74 Å². The lowest BCUT2D eigenvalue weighted by atomic mass is 10.0. The van der Waals surface area contributed by atoms with Gasteiger partial charge in [0.25, 0.3) is 5.34 Å². The van der Waals surface area contributed by atoms with Gasteiger partial charge in [-0.25, -0.2) is 4.79 Å². The van der Waals surface area contributed by atoms with E-state index in [1.165, 1.54) is 25.1 Å². The fourth-order valence-corrected chi connectivity index (χ4v) is 4.38. The van der Waals surface area contributed by atoms with Crippen molar-refractivity contribution in [1.29, 1.82) is 0 Å². The molecule has 0 radical (unpaired) electrons. The molecule has 3 N–H and O–H groups in total. The number of carbonyl (C=O) groups is 1. The molecule has 30 heavy (non-hydrogen) atoms. The summed E-state index contributed by atoms with van der Waals surface area (Å²) >= 11 is 6.76. The standard InChI is InChI=1S/C21H15Br2O6P/c1-21(27,30-28)13-9-16(22)19(17(23)10-13)29-14-7-11(6-12(8-14)20(25)26)15-4-2-3-5-18(15)24/h2-10,24,27H,1H3,(H,25,26)/p+1. The van der Waals surface area contributed by atoms with Crippen LogP contribution in [0.25, 0.3) is 11.1 Å². The lowest BCUT2D eigenvalue weighted by Gasteiger charge is -2.16. The van der Waals surface area contributed by atoms with Crippen LogP contribution in [0.15, 0.2) is 63.5 Å². The number of halogens is 2. The molecule has 0 amide bonds. The molecule has 154 valence electrons. The molecule has 0 aliphatic rings. The number of phenols is 1. The lowest BCUT2D eigenvalue weighted by molar-refractivity contribution is 0.0696. The molecular formula is C21H16Br2O6P+. The largest absolute Gasteiger partial charge is 0.507 e. The first-order valence-electron chi connectivity index (χ1n) is 8.58. The zero-order chi connectivity index (χ0) is 22.1. The van der Waals surface area contributed by atoms with Crippen LogP contribution in [0.4, 0.5) is 0 Å². The minimum absolute atomic E-state index is 0.00916. The van der Waals surface area contributed by atoms with Gasteiger partial charge in [0.1, 0.15) is 11.5 Å². The van der Waals surface area contributed by atoms with E-state index in [1.54, 1.807) is 36.4 Å². The van der Waals surface area contributed by atoms with E-state index in [1.807, 2.05) is 0 Å². The van der Waals surface area contributed by atoms with Crippen LogP contribution in [0.3, 0.4) is 0 Å². The highest BCUT2D eigenvalue weighted by Crippen LogP contribution is 2.43. The molecular weight excluding hydrogens is 539 g/mol. The molecule has 3 rings (SSSR count). The summed E-state index contributed by atoms with van der Waals surface area (Å²) in [5, 5.41) is 28.3. The van der Waals surface area contributed by atoms with Crippen LogP contribution in [0, 0.1) is 0 Å². The summed E-state index contributed by atoms with van der Waals surface area (Å²) in [5.74, 6) is -0.550. The van der Waals surface area contributed by atoms with Crippen LogP contribution >= 0.6 is 40.3 Å². The minimum Gasteiger partial charge on any atom is -0.507 e. The van der Waals surface area contributed by atoms with Crippen molar-refractivity contribution in [2.45, 2.75) is 12.3 Å². The number of aromatic carboxylic acids is 1. The van der Waals surface area contributed by atoms with Gasteiger partial charge >= 0.3 is 14.4 Å². The normalized spacial score (nSPS) is 13.1. The average Bonchev–Trinajstić information content (AvgIpc) is 2.70. The van der Waals surface area contributed by atoms with Gasteiger partial charge in [0, 0.05) is 18.1 Å². The van der Waals surface area contributed by atoms with Crippen molar-refractivity contribution in [3.63, 3.8) is 0 Å². The van der Waals surface area contributed by atoms with Crippen molar-refractivity contribution in [3.8, 4) is 28.4 Å². The number of benzene rings is 3. The van der Waals surface area contributed by atoms with Gasteiger partial charge in [-0.05, 0) is 73.8 Å². The number of aromatic hydroxyl groups is 1.